The lowest BCUT2D eigenvalue weighted by Crippen LogP contribution is -2.39. The minimum absolute atomic E-state index is 0.467. The van der Waals surface area contributed by atoms with Crippen molar-refractivity contribution in [3.63, 3.8) is 0 Å². The molecule has 1 heterocycles. The third-order valence-electron chi connectivity index (χ3n) is 3.40. The first-order valence-corrected chi connectivity index (χ1v) is 6.89. The fourth-order valence-electron chi connectivity index (χ4n) is 1.85. The first-order chi connectivity index (χ1) is 8.10. The van der Waals surface area contributed by atoms with Gasteiger partial charge in [-0.3, -0.25) is 4.68 Å². The van der Waals surface area contributed by atoms with E-state index >= 15 is 0 Å². The Balaban J connectivity index is 2.68. The molecule has 0 saturated heterocycles. The van der Waals surface area contributed by atoms with E-state index in [0.29, 0.717) is 12.0 Å². The maximum absolute atomic E-state index is 6.03. The standard InChI is InChI=1S/C13H24ClN3/c1-5-7-15-13(10(3)6-2)9-17-11(4)12(14)8-16-17/h8,10,13,15H,5-7,9H2,1-4H3. The van der Waals surface area contributed by atoms with E-state index in [4.69, 9.17) is 11.6 Å². The highest BCUT2D eigenvalue weighted by atomic mass is 35.5. The van der Waals surface area contributed by atoms with E-state index in [2.05, 4.69) is 31.2 Å². The molecule has 0 spiro atoms. The zero-order valence-electron chi connectivity index (χ0n) is 11.3. The molecule has 0 aliphatic rings. The van der Waals surface area contributed by atoms with Crippen LogP contribution in [-0.2, 0) is 6.54 Å². The first-order valence-electron chi connectivity index (χ1n) is 6.51. The van der Waals surface area contributed by atoms with Gasteiger partial charge in [0.2, 0.25) is 0 Å². The second kappa shape index (κ2) is 7.02. The minimum Gasteiger partial charge on any atom is -0.312 e. The Morgan fingerprint density at radius 3 is 2.65 bits per heavy atom. The summed E-state index contributed by atoms with van der Waals surface area (Å²) in [6.45, 7) is 10.7. The topological polar surface area (TPSA) is 29.9 Å². The van der Waals surface area contributed by atoms with Crippen LogP contribution in [0.25, 0.3) is 0 Å². The average Bonchev–Trinajstić information content (AvgIpc) is 2.65. The minimum atomic E-state index is 0.467. The van der Waals surface area contributed by atoms with Gasteiger partial charge in [0.15, 0.2) is 0 Å². The summed E-state index contributed by atoms with van der Waals surface area (Å²) in [5, 5.41) is 8.68. The molecular formula is C13H24ClN3. The molecule has 98 valence electrons. The molecule has 1 N–H and O–H groups in total. The number of nitrogens with one attached hydrogen (secondary N) is 1. The normalized spacial score (nSPS) is 14.9. The van der Waals surface area contributed by atoms with Crippen LogP contribution in [0.1, 0.15) is 39.3 Å². The molecule has 0 aromatic carbocycles. The van der Waals surface area contributed by atoms with Crippen LogP contribution < -0.4 is 5.32 Å². The molecule has 17 heavy (non-hydrogen) atoms. The largest absolute Gasteiger partial charge is 0.312 e. The smallest absolute Gasteiger partial charge is 0.0814 e. The molecule has 0 amide bonds. The lowest BCUT2D eigenvalue weighted by Gasteiger charge is -2.24. The van der Waals surface area contributed by atoms with E-state index in [1.165, 1.54) is 6.42 Å². The highest BCUT2D eigenvalue weighted by molar-refractivity contribution is 6.31. The van der Waals surface area contributed by atoms with Crippen LogP contribution in [0.15, 0.2) is 6.20 Å². The Labute approximate surface area is 110 Å². The van der Waals surface area contributed by atoms with Crippen LogP contribution in [0, 0.1) is 12.8 Å². The summed E-state index contributed by atoms with van der Waals surface area (Å²) in [5.41, 5.74) is 1.05. The monoisotopic (exact) mass is 257 g/mol. The molecule has 2 unspecified atom stereocenters. The van der Waals surface area contributed by atoms with Gasteiger partial charge in [-0.05, 0) is 25.8 Å². The van der Waals surface area contributed by atoms with Crippen molar-refractivity contribution in [2.24, 2.45) is 5.92 Å². The zero-order chi connectivity index (χ0) is 12.8. The summed E-state index contributed by atoms with van der Waals surface area (Å²) >= 11 is 6.03. The highest BCUT2D eigenvalue weighted by Crippen LogP contribution is 2.16. The Hall–Kier alpha value is -0.540. The molecule has 0 aliphatic heterocycles. The quantitative estimate of drug-likeness (QED) is 0.813. The van der Waals surface area contributed by atoms with Gasteiger partial charge < -0.3 is 5.32 Å². The van der Waals surface area contributed by atoms with Crippen LogP contribution >= 0.6 is 11.6 Å². The van der Waals surface area contributed by atoms with Crippen molar-refractivity contribution in [2.75, 3.05) is 6.54 Å². The highest BCUT2D eigenvalue weighted by Gasteiger charge is 2.17. The summed E-state index contributed by atoms with van der Waals surface area (Å²) in [6.07, 6.45) is 4.06. The van der Waals surface area contributed by atoms with Crippen LogP contribution in [0.5, 0.6) is 0 Å². The molecule has 0 bridgehead atoms. The first kappa shape index (κ1) is 14.5. The molecule has 3 nitrogen and oxygen atoms in total. The van der Waals surface area contributed by atoms with E-state index in [-0.39, 0.29) is 0 Å². The summed E-state index contributed by atoms with van der Waals surface area (Å²) in [5.74, 6) is 0.643. The maximum atomic E-state index is 6.03. The maximum Gasteiger partial charge on any atom is 0.0814 e. The lowest BCUT2D eigenvalue weighted by atomic mass is 9.99. The van der Waals surface area contributed by atoms with Crippen molar-refractivity contribution in [1.82, 2.24) is 15.1 Å². The third kappa shape index (κ3) is 4.00. The average molecular weight is 258 g/mol. The van der Waals surface area contributed by atoms with Gasteiger partial charge >= 0.3 is 0 Å². The Morgan fingerprint density at radius 2 is 2.18 bits per heavy atom. The van der Waals surface area contributed by atoms with Crippen LogP contribution in [0.2, 0.25) is 5.02 Å². The molecule has 4 heteroatoms. The summed E-state index contributed by atoms with van der Waals surface area (Å²) in [7, 11) is 0. The number of rotatable bonds is 7. The number of hydrogen-bond donors (Lipinski definition) is 1. The van der Waals surface area contributed by atoms with Gasteiger partial charge in [0.1, 0.15) is 0 Å². The van der Waals surface area contributed by atoms with E-state index in [1.54, 1.807) is 6.20 Å². The molecule has 0 radical (unpaired) electrons. The fraction of sp³-hybridized carbons (Fsp3) is 0.769. The SMILES string of the molecule is CCCNC(Cn1ncc(Cl)c1C)C(C)CC. The Bertz CT molecular complexity index is 335. The van der Waals surface area contributed by atoms with Crippen molar-refractivity contribution in [2.45, 2.75) is 53.1 Å². The van der Waals surface area contributed by atoms with Crippen molar-refractivity contribution in [1.29, 1.82) is 0 Å². The number of aromatic nitrogens is 2. The van der Waals surface area contributed by atoms with Gasteiger partial charge in [-0.25, -0.2) is 0 Å². The fourth-order valence-corrected chi connectivity index (χ4v) is 2.00. The van der Waals surface area contributed by atoms with Crippen molar-refractivity contribution < 1.29 is 0 Å². The number of hydrogen-bond acceptors (Lipinski definition) is 2. The van der Waals surface area contributed by atoms with Crippen LogP contribution in [0.3, 0.4) is 0 Å². The van der Waals surface area contributed by atoms with Gasteiger partial charge in [-0.2, -0.15) is 5.10 Å². The molecule has 0 aliphatic carbocycles. The second-order valence-corrected chi connectivity index (χ2v) is 5.11. The summed E-state index contributed by atoms with van der Waals surface area (Å²) in [4.78, 5) is 0. The molecule has 0 saturated carbocycles. The molecule has 2 atom stereocenters. The Morgan fingerprint density at radius 1 is 1.47 bits per heavy atom. The van der Waals surface area contributed by atoms with Gasteiger partial charge in [-0.1, -0.05) is 38.8 Å². The number of halogens is 1. The summed E-state index contributed by atoms with van der Waals surface area (Å²) in [6, 6.07) is 0.467. The van der Waals surface area contributed by atoms with Crippen molar-refractivity contribution in [3.05, 3.63) is 16.9 Å². The van der Waals surface area contributed by atoms with Crippen LogP contribution in [0.4, 0.5) is 0 Å². The van der Waals surface area contributed by atoms with Gasteiger partial charge in [0.05, 0.1) is 23.5 Å². The van der Waals surface area contributed by atoms with E-state index in [9.17, 15) is 0 Å². The van der Waals surface area contributed by atoms with Crippen LogP contribution in [-0.4, -0.2) is 22.4 Å². The molecule has 1 rings (SSSR count). The Kier molecular flexibility index (Phi) is 6.00. The van der Waals surface area contributed by atoms with Gasteiger partial charge in [0.25, 0.3) is 0 Å². The van der Waals surface area contributed by atoms with E-state index in [1.807, 2.05) is 11.6 Å². The third-order valence-corrected chi connectivity index (χ3v) is 3.77. The van der Waals surface area contributed by atoms with E-state index < -0.39 is 0 Å². The lowest BCUT2D eigenvalue weighted by molar-refractivity contribution is 0.317. The molecule has 1 aromatic rings. The predicted molar refractivity (Wildman–Crippen MR) is 73.5 cm³/mol. The second-order valence-electron chi connectivity index (χ2n) is 4.71. The molecular weight excluding hydrogens is 234 g/mol. The van der Waals surface area contributed by atoms with Gasteiger partial charge in [-0.15, -0.1) is 0 Å². The van der Waals surface area contributed by atoms with Gasteiger partial charge in [0, 0.05) is 6.04 Å². The number of nitrogens with zero attached hydrogens (tertiary/aromatic N) is 2. The molecule has 1 aromatic heterocycles. The molecule has 0 fully saturated rings. The van der Waals surface area contributed by atoms with Crippen molar-refractivity contribution >= 4 is 11.6 Å². The summed E-state index contributed by atoms with van der Waals surface area (Å²) < 4.78 is 2.00. The van der Waals surface area contributed by atoms with Crippen molar-refractivity contribution in [3.8, 4) is 0 Å². The van der Waals surface area contributed by atoms with E-state index in [0.717, 1.165) is 30.2 Å². The predicted octanol–water partition coefficient (Wildman–Crippen LogP) is 3.26. The zero-order valence-corrected chi connectivity index (χ0v) is 12.1.